The predicted molar refractivity (Wildman–Crippen MR) is 56.2 cm³/mol. The summed E-state index contributed by atoms with van der Waals surface area (Å²) in [6.45, 7) is 4.54. The highest BCUT2D eigenvalue weighted by atomic mass is 16.3. The second-order valence-electron chi connectivity index (χ2n) is 4.19. The molecule has 0 aromatic carbocycles. The molecule has 2 unspecified atom stereocenters. The maximum atomic E-state index is 5.07. The summed E-state index contributed by atoms with van der Waals surface area (Å²) in [7, 11) is 2.17. The van der Waals surface area contributed by atoms with E-state index < -0.39 is 0 Å². The van der Waals surface area contributed by atoms with Crippen LogP contribution in [0.5, 0.6) is 0 Å². The van der Waals surface area contributed by atoms with Crippen LogP contribution >= 0.6 is 0 Å². The van der Waals surface area contributed by atoms with Crippen LogP contribution in [0.2, 0.25) is 0 Å². The molecule has 2 atom stereocenters. The highest BCUT2D eigenvalue weighted by Crippen LogP contribution is 2.16. The van der Waals surface area contributed by atoms with Gasteiger partial charge in [-0.15, -0.1) is 0 Å². The normalized spacial score (nSPS) is 25.4. The van der Waals surface area contributed by atoms with Gasteiger partial charge in [-0.2, -0.15) is 0 Å². The minimum absolute atomic E-state index is 0.394. The molecule has 0 bridgehead atoms. The maximum Gasteiger partial charge on any atom is 0.0950 e. The van der Waals surface area contributed by atoms with Crippen LogP contribution in [0, 0.1) is 0 Å². The summed E-state index contributed by atoms with van der Waals surface area (Å²) in [5.41, 5.74) is 1.24. The van der Waals surface area contributed by atoms with Crippen molar-refractivity contribution in [2.24, 2.45) is 0 Å². The van der Waals surface area contributed by atoms with Gasteiger partial charge >= 0.3 is 0 Å². The average molecular weight is 194 g/mol. The zero-order valence-corrected chi connectivity index (χ0v) is 8.86. The van der Waals surface area contributed by atoms with E-state index >= 15 is 0 Å². The third kappa shape index (κ3) is 2.16. The Hall–Kier alpha value is -0.800. The Morgan fingerprint density at radius 2 is 2.50 bits per heavy atom. The first-order valence-corrected chi connectivity index (χ1v) is 5.22. The van der Waals surface area contributed by atoms with Crippen molar-refractivity contribution in [3.8, 4) is 0 Å². The molecule has 1 aromatic heterocycles. The van der Waals surface area contributed by atoms with Crippen LogP contribution in [-0.2, 0) is 0 Å². The monoisotopic (exact) mass is 194 g/mol. The average Bonchev–Trinajstić information content (AvgIpc) is 2.75. The van der Waals surface area contributed by atoms with Crippen LogP contribution in [0.4, 0.5) is 0 Å². The molecule has 2 rings (SSSR count). The Morgan fingerprint density at radius 3 is 3.07 bits per heavy atom. The van der Waals surface area contributed by atoms with E-state index in [2.05, 4.69) is 24.2 Å². The second-order valence-corrected chi connectivity index (χ2v) is 4.19. The van der Waals surface area contributed by atoms with Crippen molar-refractivity contribution in [2.45, 2.75) is 25.4 Å². The van der Waals surface area contributed by atoms with Crippen LogP contribution in [0.15, 0.2) is 23.0 Å². The number of hydrogen-bond donors (Lipinski definition) is 1. The molecule has 3 heteroatoms. The lowest BCUT2D eigenvalue weighted by Gasteiger charge is -2.18. The zero-order chi connectivity index (χ0) is 9.97. The second kappa shape index (κ2) is 4.15. The van der Waals surface area contributed by atoms with E-state index in [1.807, 2.05) is 12.3 Å². The molecule has 78 valence electrons. The molecule has 1 aliphatic rings. The van der Waals surface area contributed by atoms with Gasteiger partial charge in [-0.05, 0) is 33.0 Å². The first-order chi connectivity index (χ1) is 6.75. The Bertz CT molecular complexity index is 271. The summed E-state index contributed by atoms with van der Waals surface area (Å²) in [6, 6.07) is 3.05. The lowest BCUT2D eigenvalue weighted by molar-refractivity contribution is 0.386. The van der Waals surface area contributed by atoms with E-state index in [0.717, 1.165) is 6.54 Å². The smallest absolute Gasteiger partial charge is 0.0950 e. The van der Waals surface area contributed by atoms with Gasteiger partial charge in [0.15, 0.2) is 0 Å². The summed E-state index contributed by atoms with van der Waals surface area (Å²) in [5.74, 6) is 0. The van der Waals surface area contributed by atoms with Crippen molar-refractivity contribution in [3.63, 3.8) is 0 Å². The minimum Gasteiger partial charge on any atom is -0.472 e. The molecule has 1 aromatic rings. The Balaban J connectivity index is 1.86. The number of likely N-dealkylation sites (tertiary alicyclic amines) is 1. The predicted octanol–water partition coefficient (Wildman–Crippen LogP) is 1.63. The van der Waals surface area contributed by atoms with Crippen LogP contribution in [0.25, 0.3) is 0 Å². The third-order valence-corrected chi connectivity index (χ3v) is 2.92. The Morgan fingerprint density at radius 1 is 1.64 bits per heavy atom. The van der Waals surface area contributed by atoms with Crippen molar-refractivity contribution in [2.75, 3.05) is 20.1 Å². The first-order valence-electron chi connectivity index (χ1n) is 5.22. The van der Waals surface area contributed by atoms with Crippen molar-refractivity contribution in [1.82, 2.24) is 10.2 Å². The van der Waals surface area contributed by atoms with Gasteiger partial charge in [-0.1, -0.05) is 0 Å². The summed E-state index contributed by atoms with van der Waals surface area (Å²) >= 11 is 0. The fraction of sp³-hybridized carbons (Fsp3) is 0.636. The van der Waals surface area contributed by atoms with E-state index in [9.17, 15) is 0 Å². The van der Waals surface area contributed by atoms with Gasteiger partial charge in [0.2, 0.25) is 0 Å². The third-order valence-electron chi connectivity index (χ3n) is 2.92. The molecule has 1 saturated heterocycles. The molecular weight excluding hydrogens is 176 g/mol. The molecule has 3 nitrogen and oxygen atoms in total. The maximum absolute atomic E-state index is 5.07. The Labute approximate surface area is 85.1 Å². The molecule has 0 saturated carbocycles. The van der Waals surface area contributed by atoms with Gasteiger partial charge in [-0.25, -0.2) is 0 Å². The molecule has 14 heavy (non-hydrogen) atoms. The number of rotatable bonds is 3. The van der Waals surface area contributed by atoms with Crippen LogP contribution in [0.3, 0.4) is 0 Å². The van der Waals surface area contributed by atoms with Crippen LogP contribution in [0.1, 0.15) is 24.9 Å². The van der Waals surface area contributed by atoms with Crippen molar-refractivity contribution >= 4 is 0 Å². The summed E-state index contributed by atoms with van der Waals surface area (Å²) in [5, 5.41) is 3.61. The van der Waals surface area contributed by atoms with Gasteiger partial charge in [0, 0.05) is 24.2 Å². The lowest BCUT2D eigenvalue weighted by Crippen LogP contribution is -2.33. The standard InChI is InChI=1S/C11H18N2O/c1-9(10-4-6-14-8-10)12-11-3-5-13(2)7-11/h4,6,8-9,11-12H,3,5,7H2,1-2H3. The SMILES string of the molecule is CC(NC1CCN(C)C1)c1ccoc1. The molecule has 0 aliphatic carbocycles. The number of furan rings is 1. The molecule has 0 amide bonds. The van der Waals surface area contributed by atoms with Crippen LogP contribution in [-0.4, -0.2) is 31.1 Å². The first kappa shape index (κ1) is 9.74. The van der Waals surface area contributed by atoms with Gasteiger partial charge in [0.05, 0.1) is 12.5 Å². The lowest BCUT2D eigenvalue weighted by atomic mass is 10.1. The minimum atomic E-state index is 0.394. The number of nitrogens with zero attached hydrogens (tertiary/aromatic N) is 1. The summed E-state index contributed by atoms with van der Waals surface area (Å²) < 4.78 is 5.07. The van der Waals surface area contributed by atoms with E-state index in [4.69, 9.17) is 4.42 Å². The fourth-order valence-corrected chi connectivity index (χ4v) is 2.04. The van der Waals surface area contributed by atoms with Crippen molar-refractivity contribution < 1.29 is 4.42 Å². The fourth-order valence-electron chi connectivity index (χ4n) is 2.04. The number of likely N-dealkylation sites (N-methyl/N-ethyl adjacent to an activating group) is 1. The molecule has 1 N–H and O–H groups in total. The number of nitrogens with one attached hydrogen (secondary N) is 1. The molecule has 0 spiro atoms. The number of hydrogen-bond acceptors (Lipinski definition) is 3. The largest absolute Gasteiger partial charge is 0.472 e. The van der Waals surface area contributed by atoms with Gasteiger partial charge in [0.1, 0.15) is 0 Å². The van der Waals surface area contributed by atoms with E-state index in [0.29, 0.717) is 12.1 Å². The van der Waals surface area contributed by atoms with E-state index in [1.54, 1.807) is 6.26 Å². The molecule has 0 radical (unpaired) electrons. The summed E-state index contributed by atoms with van der Waals surface area (Å²) in [6.07, 6.45) is 4.79. The van der Waals surface area contributed by atoms with E-state index in [1.165, 1.54) is 18.5 Å². The molecule has 1 aliphatic heterocycles. The van der Waals surface area contributed by atoms with Gasteiger partial charge < -0.3 is 14.6 Å². The summed E-state index contributed by atoms with van der Waals surface area (Å²) in [4.78, 5) is 2.36. The van der Waals surface area contributed by atoms with Crippen LogP contribution < -0.4 is 5.32 Å². The Kier molecular flexibility index (Phi) is 2.89. The quantitative estimate of drug-likeness (QED) is 0.793. The zero-order valence-electron chi connectivity index (χ0n) is 8.86. The molecule has 2 heterocycles. The highest BCUT2D eigenvalue weighted by molar-refractivity contribution is 5.10. The van der Waals surface area contributed by atoms with Gasteiger partial charge in [0.25, 0.3) is 0 Å². The van der Waals surface area contributed by atoms with Gasteiger partial charge in [-0.3, -0.25) is 0 Å². The highest BCUT2D eigenvalue weighted by Gasteiger charge is 2.21. The van der Waals surface area contributed by atoms with Crippen molar-refractivity contribution in [3.05, 3.63) is 24.2 Å². The molecule has 1 fully saturated rings. The molecular formula is C11H18N2O. The topological polar surface area (TPSA) is 28.4 Å². The van der Waals surface area contributed by atoms with Crippen molar-refractivity contribution in [1.29, 1.82) is 0 Å². The van der Waals surface area contributed by atoms with E-state index in [-0.39, 0.29) is 0 Å².